The molecular formula is C21H22N2O3. The third-order valence-electron chi connectivity index (χ3n) is 5.34. The number of carboxylic acids is 1. The zero-order chi connectivity index (χ0) is 18.3. The van der Waals surface area contributed by atoms with Gasteiger partial charge in [-0.2, -0.15) is 0 Å². The first-order valence-corrected chi connectivity index (χ1v) is 9.11. The lowest BCUT2D eigenvalue weighted by Crippen LogP contribution is -2.04. The summed E-state index contributed by atoms with van der Waals surface area (Å²) in [4.78, 5) is 26.7. The Hall–Kier alpha value is -2.82. The van der Waals surface area contributed by atoms with Gasteiger partial charge in [0.25, 0.3) is 5.91 Å². The molecule has 1 atom stereocenters. The van der Waals surface area contributed by atoms with Crippen LogP contribution >= 0.6 is 0 Å². The fourth-order valence-corrected chi connectivity index (χ4v) is 3.94. The minimum atomic E-state index is -0.818. The number of carbonyl (C=O) groups is 2. The maximum absolute atomic E-state index is 12.4. The molecule has 1 aromatic carbocycles. The molecule has 0 saturated heterocycles. The highest BCUT2D eigenvalue weighted by atomic mass is 16.4. The number of fused-ring (bicyclic) bond motifs is 2. The second kappa shape index (κ2) is 6.48. The van der Waals surface area contributed by atoms with Crippen LogP contribution in [0.4, 0.5) is 5.69 Å². The summed E-state index contributed by atoms with van der Waals surface area (Å²) in [6, 6.07) is 7.81. The van der Waals surface area contributed by atoms with Crippen molar-refractivity contribution < 1.29 is 14.7 Å². The van der Waals surface area contributed by atoms with Crippen LogP contribution < -0.4 is 5.32 Å². The molecule has 1 amide bonds. The van der Waals surface area contributed by atoms with Crippen LogP contribution in [-0.2, 0) is 22.4 Å². The molecule has 1 unspecified atom stereocenters. The fraction of sp³-hybridized carbons (Fsp3) is 0.333. The van der Waals surface area contributed by atoms with Crippen LogP contribution in [0.1, 0.15) is 60.2 Å². The molecule has 2 aliphatic rings. The summed E-state index contributed by atoms with van der Waals surface area (Å²) in [6.07, 6.45) is 5.91. The van der Waals surface area contributed by atoms with Crippen molar-refractivity contribution in [2.45, 2.75) is 44.9 Å². The van der Waals surface area contributed by atoms with Gasteiger partial charge in [0.05, 0.1) is 5.57 Å². The fourth-order valence-electron chi connectivity index (χ4n) is 3.94. The predicted octanol–water partition coefficient (Wildman–Crippen LogP) is 3.96. The molecule has 5 heteroatoms. The zero-order valence-electron chi connectivity index (χ0n) is 14.8. The molecule has 4 rings (SSSR count). The number of nitrogens with one attached hydrogen (secondary N) is 2. The predicted molar refractivity (Wildman–Crippen MR) is 101 cm³/mol. The van der Waals surface area contributed by atoms with Gasteiger partial charge < -0.3 is 15.4 Å². The first-order valence-electron chi connectivity index (χ1n) is 9.11. The Balaban J connectivity index is 1.68. The van der Waals surface area contributed by atoms with Crippen LogP contribution in [0.3, 0.4) is 0 Å². The minimum absolute atomic E-state index is 0.0838. The molecule has 0 saturated carbocycles. The smallest absolute Gasteiger partial charge is 0.303 e. The van der Waals surface area contributed by atoms with Crippen LogP contribution in [0.25, 0.3) is 11.6 Å². The highest BCUT2D eigenvalue weighted by molar-refractivity contribution is 6.34. The van der Waals surface area contributed by atoms with Gasteiger partial charge in [-0.05, 0) is 67.0 Å². The lowest BCUT2D eigenvalue weighted by Gasteiger charge is -2.17. The molecule has 0 fully saturated rings. The number of carbonyl (C=O) groups excluding carboxylic acids is 1. The van der Waals surface area contributed by atoms with E-state index < -0.39 is 5.97 Å². The molecule has 3 N–H and O–H groups in total. The molecule has 134 valence electrons. The van der Waals surface area contributed by atoms with Gasteiger partial charge in [-0.3, -0.25) is 9.59 Å². The van der Waals surface area contributed by atoms with E-state index in [1.807, 2.05) is 24.3 Å². The summed E-state index contributed by atoms with van der Waals surface area (Å²) in [5.74, 6) is -0.382. The largest absolute Gasteiger partial charge is 0.481 e. The standard InChI is InChI=1S/C21H22N2O3/c1-12-3-2-4-18-15(12)10-14(22-18)11-17-16-9-13(6-8-20(24)25)5-7-19(16)23-21(17)26/h5,7,9-12,22H,2-4,6,8H2,1H3,(H,23,26)(H,24,25). The van der Waals surface area contributed by atoms with E-state index in [0.29, 0.717) is 17.9 Å². The molecule has 2 aromatic rings. The number of anilines is 1. The van der Waals surface area contributed by atoms with Gasteiger partial charge in [-0.15, -0.1) is 0 Å². The Kier molecular flexibility index (Phi) is 4.15. The highest BCUT2D eigenvalue weighted by Gasteiger charge is 2.25. The summed E-state index contributed by atoms with van der Waals surface area (Å²) in [7, 11) is 0. The van der Waals surface area contributed by atoms with Gasteiger partial charge in [-0.1, -0.05) is 13.0 Å². The molecule has 1 aromatic heterocycles. The number of carboxylic acid groups (broad SMARTS) is 1. The van der Waals surface area contributed by atoms with Crippen molar-refractivity contribution >= 4 is 29.2 Å². The normalized spacial score (nSPS) is 20.0. The van der Waals surface area contributed by atoms with E-state index in [0.717, 1.165) is 28.9 Å². The molecule has 26 heavy (non-hydrogen) atoms. The molecule has 1 aliphatic carbocycles. The van der Waals surface area contributed by atoms with E-state index in [4.69, 9.17) is 5.11 Å². The number of hydrogen-bond donors (Lipinski definition) is 3. The second-order valence-electron chi connectivity index (χ2n) is 7.24. The molecule has 5 nitrogen and oxygen atoms in total. The first-order chi connectivity index (χ1) is 12.5. The molecule has 1 aliphatic heterocycles. The molecule has 0 spiro atoms. The highest BCUT2D eigenvalue weighted by Crippen LogP contribution is 2.36. The summed E-state index contributed by atoms with van der Waals surface area (Å²) < 4.78 is 0. The van der Waals surface area contributed by atoms with Crippen molar-refractivity contribution in [2.75, 3.05) is 5.32 Å². The van der Waals surface area contributed by atoms with Crippen LogP contribution in [0.5, 0.6) is 0 Å². The average molecular weight is 350 g/mol. The first kappa shape index (κ1) is 16.6. The third kappa shape index (κ3) is 3.05. The van der Waals surface area contributed by atoms with E-state index in [1.54, 1.807) is 0 Å². The number of benzene rings is 1. The lowest BCUT2D eigenvalue weighted by atomic mass is 9.88. The van der Waals surface area contributed by atoms with Gasteiger partial charge in [-0.25, -0.2) is 0 Å². The van der Waals surface area contributed by atoms with Gasteiger partial charge in [0.1, 0.15) is 0 Å². The van der Waals surface area contributed by atoms with Crippen LogP contribution in [0, 0.1) is 0 Å². The Labute approximate surface area is 152 Å². The quantitative estimate of drug-likeness (QED) is 0.730. The topological polar surface area (TPSA) is 82.2 Å². The zero-order valence-corrected chi connectivity index (χ0v) is 14.8. The Bertz CT molecular complexity index is 923. The summed E-state index contributed by atoms with van der Waals surface area (Å²) in [5, 5.41) is 11.8. The van der Waals surface area contributed by atoms with Gasteiger partial charge in [0, 0.05) is 29.1 Å². The number of rotatable bonds is 4. The third-order valence-corrected chi connectivity index (χ3v) is 5.34. The number of aromatic nitrogens is 1. The average Bonchev–Trinajstić information content (AvgIpc) is 3.15. The van der Waals surface area contributed by atoms with E-state index >= 15 is 0 Å². The number of hydrogen-bond acceptors (Lipinski definition) is 2. The van der Waals surface area contributed by atoms with Crippen molar-refractivity contribution in [1.29, 1.82) is 0 Å². The maximum atomic E-state index is 12.4. The summed E-state index contributed by atoms with van der Waals surface area (Å²) in [6.45, 7) is 2.25. The van der Waals surface area contributed by atoms with Crippen LogP contribution in [-0.4, -0.2) is 22.0 Å². The number of aliphatic carboxylic acids is 1. The minimum Gasteiger partial charge on any atom is -0.481 e. The van der Waals surface area contributed by atoms with Gasteiger partial charge in [0.2, 0.25) is 0 Å². The Morgan fingerprint density at radius 1 is 1.35 bits per heavy atom. The van der Waals surface area contributed by atoms with Gasteiger partial charge in [0.15, 0.2) is 0 Å². The van der Waals surface area contributed by atoms with E-state index in [-0.39, 0.29) is 12.3 Å². The van der Waals surface area contributed by atoms with Crippen molar-refractivity contribution in [2.24, 2.45) is 0 Å². The van der Waals surface area contributed by atoms with E-state index in [2.05, 4.69) is 23.3 Å². The molecule has 2 heterocycles. The maximum Gasteiger partial charge on any atom is 0.303 e. The SMILES string of the molecule is CC1CCCc2[nH]c(C=C3C(=O)Nc4ccc(CCC(=O)O)cc43)cc21. The van der Waals surface area contributed by atoms with Crippen molar-refractivity contribution in [3.8, 4) is 0 Å². The Morgan fingerprint density at radius 2 is 2.19 bits per heavy atom. The number of H-pyrrole nitrogens is 1. The lowest BCUT2D eigenvalue weighted by molar-refractivity contribution is -0.137. The summed E-state index contributed by atoms with van der Waals surface area (Å²) in [5.41, 5.74) is 6.78. The summed E-state index contributed by atoms with van der Waals surface area (Å²) >= 11 is 0. The van der Waals surface area contributed by atoms with Crippen LogP contribution in [0.2, 0.25) is 0 Å². The molecule has 0 radical (unpaired) electrons. The number of amides is 1. The molecule has 0 bridgehead atoms. The number of aromatic amines is 1. The number of aryl methyl sites for hydroxylation is 2. The Morgan fingerprint density at radius 3 is 2.96 bits per heavy atom. The second-order valence-corrected chi connectivity index (χ2v) is 7.24. The van der Waals surface area contributed by atoms with E-state index in [1.165, 1.54) is 24.1 Å². The van der Waals surface area contributed by atoms with Crippen LogP contribution in [0.15, 0.2) is 24.3 Å². The van der Waals surface area contributed by atoms with Gasteiger partial charge >= 0.3 is 5.97 Å². The van der Waals surface area contributed by atoms with Crippen molar-refractivity contribution in [3.63, 3.8) is 0 Å². The van der Waals surface area contributed by atoms with Crippen molar-refractivity contribution in [3.05, 3.63) is 52.3 Å². The van der Waals surface area contributed by atoms with E-state index in [9.17, 15) is 9.59 Å². The molecular weight excluding hydrogens is 328 g/mol. The van der Waals surface area contributed by atoms with Crippen molar-refractivity contribution in [1.82, 2.24) is 4.98 Å². The monoisotopic (exact) mass is 350 g/mol.